The highest BCUT2D eigenvalue weighted by Crippen LogP contribution is 2.17. The summed E-state index contributed by atoms with van der Waals surface area (Å²) in [4.78, 5) is 18.7. The molecule has 0 saturated carbocycles. The molecule has 26 heavy (non-hydrogen) atoms. The van der Waals surface area contributed by atoms with Crippen LogP contribution in [0.2, 0.25) is 0 Å². The van der Waals surface area contributed by atoms with E-state index in [1.165, 1.54) is 16.9 Å². The number of hydrogen-bond donors (Lipinski definition) is 1. The number of benzene rings is 1. The molecule has 2 heterocycles. The fourth-order valence-corrected chi connectivity index (χ4v) is 3.40. The number of nitrogens with zero attached hydrogens (tertiary/aromatic N) is 2. The smallest absolute Gasteiger partial charge is 0.228 e. The molecule has 1 saturated heterocycles. The maximum atomic E-state index is 12.3. The SMILES string of the molecule is Cc1ccc(OCc2nc(CC(=O)N3CCC(N)CC3)cs2)cc1.Cl.Cl. The zero-order chi connectivity index (χ0) is 16.9. The van der Waals surface area contributed by atoms with Gasteiger partial charge in [-0.15, -0.1) is 36.2 Å². The van der Waals surface area contributed by atoms with E-state index in [2.05, 4.69) is 4.98 Å². The first-order valence-corrected chi connectivity index (χ1v) is 9.14. The van der Waals surface area contributed by atoms with Crippen LogP contribution in [0.15, 0.2) is 29.6 Å². The van der Waals surface area contributed by atoms with Gasteiger partial charge in [0.15, 0.2) is 0 Å². The van der Waals surface area contributed by atoms with E-state index >= 15 is 0 Å². The van der Waals surface area contributed by atoms with Crippen molar-refractivity contribution in [3.05, 3.63) is 45.9 Å². The summed E-state index contributed by atoms with van der Waals surface area (Å²) in [5, 5.41) is 2.83. The third-order valence-electron chi connectivity index (χ3n) is 4.21. The minimum absolute atomic E-state index is 0. The van der Waals surface area contributed by atoms with Gasteiger partial charge >= 0.3 is 0 Å². The summed E-state index contributed by atoms with van der Waals surface area (Å²) in [6.45, 7) is 3.99. The van der Waals surface area contributed by atoms with Gasteiger partial charge in [-0.3, -0.25) is 4.79 Å². The maximum Gasteiger partial charge on any atom is 0.228 e. The Hall–Kier alpha value is -1.34. The summed E-state index contributed by atoms with van der Waals surface area (Å²) >= 11 is 1.53. The number of rotatable bonds is 5. The molecule has 5 nitrogen and oxygen atoms in total. The number of nitrogens with two attached hydrogens (primary N) is 1. The average Bonchev–Trinajstić information content (AvgIpc) is 3.02. The molecule has 0 aliphatic carbocycles. The van der Waals surface area contributed by atoms with Crippen molar-refractivity contribution < 1.29 is 9.53 Å². The first kappa shape index (κ1) is 22.7. The molecule has 144 valence electrons. The molecule has 0 bridgehead atoms. The van der Waals surface area contributed by atoms with Crippen molar-refractivity contribution in [1.82, 2.24) is 9.88 Å². The first-order chi connectivity index (χ1) is 11.6. The number of ether oxygens (including phenoxy) is 1. The van der Waals surface area contributed by atoms with Gasteiger partial charge in [0.1, 0.15) is 17.4 Å². The van der Waals surface area contributed by atoms with Gasteiger partial charge in [0.05, 0.1) is 12.1 Å². The number of aromatic nitrogens is 1. The Labute approximate surface area is 170 Å². The summed E-state index contributed by atoms with van der Waals surface area (Å²) in [6, 6.07) is 8.18. The van der Waals surface area contributed by atoms with Crippen LogP contribution in [0.5, 0.6) is 5.75 Å². The zero-order valence-corrected chi connectivity index (χ0v) is 17.2. The molecule has 2 N–H and O–H groups in total. The Morgan fingerprint density at radius 2 is 1.92 bits per heavy atom. The lowest BCUT2D eigenvalue weighted by Crippen LogP contribution is -2.43. The molecule has 0 spiro atoms. The van der Waals surface area contributed by atoms with Gasteiger partial charge in [-0.25, -0.2) is 4.98 Å². The van der Waals surface area contributed by atoms with Gasteiger partial charge in [0.25, 0.3) is 0 Å². The lowest BCUT2D eigenvalue weighted by atomic mass is 10.1. The second kappa shape index (κ2) is 10.7. The van der Waals surface area contributed by atoms with E-state index in [0.717, 1.165) is 42.4 Å². The molecule has 0 radical (unpaired) electrons. The quantitative estimate of drug-likeness (QED) is 0.809. The molecule has 1 aromatic carbocycles. The van der Waals surface area contributed by atoms with E-state index in [1.54, 1.807) is 0 Å². The highest BCUT2D eigenvalue weighted by Gasteiger charge is 2.21. The largest absolute Gasteiger partial charge is 0.486 e. The van der Waals surface area contributed by atoms with Gasteiger partial charge in [0, 0.05) is 24.5 Å². The molecular formula is C18H25Cl2N3O2S. The summed E-state index contributed by atoms with van der Waals surface area (Å²) in [5.41, 5.74) is 7.91. The van der Waals surface area contributed by atoms with Gasteiger partial charge < -0.3 is 15.4 Å². The van der Waals surface area contributed by atoms with Crippen LogP contribution in [0.4, 0.5) is 0 Å². The Morgan fingerprint density at radius 1 is 1.27 bits per heavy atom. The van der Waals surface area contributed by atoms with Crippen LogP contribution >= 0.6 is 36.2 Å². The summed E-state index contributed by atoms with van der Waals surface area (Å²) in [6.07, 6.45) is 2.13. The topological polar surface area (TPSA) is 68.5 Å². The lowest BCUT2D eigenvalue weighted by Gasteiger charge is -2.30. The highest BCUT2D eigenvalue weighted by molar-refractivity contribution is 7.09. The van der Waals surface area contributed by atoms with Crippen LogP contribution < -0.4 is 10.5 Å². The molecule has 3 rings (SSSR count). The molecule has 1 fully saturated rings. The standard InChI is InChI=1S/C18H23N3O2S.2ClH/c1-13-2-4-16(5-3-13)23-11-17-20-15(12-24-17)10-18(22)21-8-6-14(19)7-9-21;;/h2-5,12,14H,6-11,19H2,1H3;2*1H. The van der Waals surface area contributed by atoms with Crippen molar-refractivity contribution in [2.24, 2.45) is 5.73 Å². The normalized spacial score (nSPS) is 14.3. The van der Waals surface area contributed by atoms with E-state index in [4.69, 9.17) is 10.5 Å². The second-order valence-corrected chi connectivity index (χ2v) is 7.17. The number of hydrogen-bond acceptors (Lipinski definition) is 5. The van der Waals surface area contributed by atoms with Crippen molar-refractivity contribution in [3.8, 4) is 5.75 Å². The minimum Gasteiger partial charge on any atom is -0.486 e. The van der Waals surface area contributed by atoms with Crippen molar-refractivity contribution in [1.29, 1.82) is 0 Å². The number of piperidine rings is 1. The van der Waals surface area contributed by atoms with Gasteiger partial charge in [-0.05, 0) is 31.9 Å². The first-order valence-electron chi connectivity index (χ1n) is 8.26. The predicted octanol–water partition coefficient (Wildman–Crippen LogP) is 3.37. The van der Waals surface area contributed by atoms with Gasteiger partial charge in [-0.2, -0.15) is 0 Å². The highest BCUT2D eigenvalue weighted by atomic mass is 35.5. The van der Waals surface area contributed by atoms with E-state index in [0.29, 0.717) is 13.0 Å². The molecule has 1 amide bonds. The molecule has 1 aliphatic heterocycles. The molecule has 0 atom stereocenters. The van der Waals surface area contributed by atoms with Gasteiger partial charge in [0.2, 0.25) is 5.91 Å². The van der Waals surface area contributed by atoms with E-state index in [9.17, 15) is 4.79 Å². The average molecular weight is 418 g/mol. The second-order valence-electron chi connectivity index (χ2n) is 6.23. The predicted molar refractivity (Wildman–Crippen MR) is 110 cm³/mol. The lowest BCUT2D eigenvalue weighted by molar-refractivity contribution is -0.131. The monoisotopic (exact) mass is 417 g/mol. The van der Waals surface area contributed by atoms with E-state index < -0.39 is 0 Å². The third-order valence-corrected chi connectivity index (χ3v) is 5.08. The summed E-state index contributed by atoms with van der Waals surface area (Å²) in [5.74, 6) is 0.969. The van der Waals surface area contributed by atoms with Crippen molar-refractivity contribution >= 4 is 42.1 Å². The van der Waals surface area contributed by atoms with Gasteiger partial charge in [-0.1, -0.05) is 17.7 Å². The summed E-state index contributed by atoms with van der Waals surface area (Å²) in [7, 11) is 0. The van der Waals surface area contributed by atoms with Crippen LogP contribution in [0.3, 0.4) is 0 Å². The molecular weight excluding hydrogens is 393 g/mol. The maximum absolute atomic E-state index is 12.3. The summed E-state index contributed by atoms with van der Waals surface area (Å²) < 4.78 is 5.73. The van der Waals surface area contributed by atoms with Crippen LogP contribution in [0.1, 0.15) is 29.1 Å². The Bertz CT molecular complexity index is 686. The van der Waals surface area contributed by atoms with Crippen molar-refractivity contribution in [3.63, 3.8) is 0 Å². The molecule has 1 aromatic heterocycles. The Kier molecular flexibility index (Phi) is 9.36. The Morgan fingerprint density at radius 3 is 2.58 bits per heavy atom. The van der Waals surface area contributed by atoms with Crippen LogP contribution in [0, 0.1) is 6.92 Å². The fourth-order valence-electron chi connectivity index (χ4n) is 2.69. The molecule has 8 heteroatoms. The number of amides is 1. The number of halogens is 2. The van der Waals surface area contributed by atoms with Crippen LogP contribution in [0.25, 0.3) is 0 Å². The number of carbonyl (C=O) groups excluding carboxylic acids is 1. The fraction of sp³-hybridized carbons (Fsp3) is 0.444. The molecule has 0 unspecified atom stereocenters. The number of aryl methyl sites for hydroxylation is 1. The Balaban J connectivity index is 0.00000169. The van der Waals surface area contributed by atoms with E-state index in [-0.39, 0.29) is 36.8 Å². The number of carbonyl (C=O) groups is 1. The van der Waals surface area contributed by atoms with Crippen LogP contribution in [-0.4, -0.2) is 34.9 Å². The van der Waals surface area contributed by atoms with Crippen molar-refractivity contribution in [2.45, 2.75) is 38.8 Å². The molecule has 1 aliphatic rings. The number of thiazole rings is 1. The third kappa shape index (κ3) is 6.43. The van der Waals surface area contributed by atoms with Crippen LogP contribution in [-0.2, 0) is 17.8 Å². The van der Waals surface area contributed by atoms with E-state index in [1.807, 2.05) is 41.5 Å². The zero-order valence-electron chi connectivity index (χ0n) is 14.7. The molecule has 2 aromatic rings. The van der Waals surface area contributed by atoms with Crippen molar-refractivity contribution in [2.75, 3.05) is 13.1 Å². The number of likely N-dealkylation sites (tertiary alicyclic amines) is 1. The minimum atomic E-state index is 0.